The molecule has 1 atom stereocenters. The topological polar surface area (TPSA) is 78.9 Å². The highest BCUT2D eigenvalue weighted by Crippen LogP contribution is 2.26. The second kappa shape index (κ2) is 10.1. The summed E-state index contributed by atoms with van der Waals surface area (Å²) in [7, 11) is 2.69. The fraction of sp³-hybridized carbons (Fsp3) is 0.500. The molecule has 1 aliphatic heterocycles. The van der Waals surface area contributed by atoms with E-state index < -0.39 is 12.1 Å². The Balaban J connectivity index is 2.42. The summed E-state index contributed by atoms with van der Waals surface area (Å²) >= 11 is 0. The van der Waals surface area contributed by atoms with Gasteiger partial charge in [0.05, 0.1) is 14.2 Å². The van der Waals surface area contributed by atoms with Gasteiger partial charge in [-0.1, -0.05) is 37.6 Å². The van der Waals surface area contributed by atoms with Gasteiger partial charge < -0.3 is 14.2 Å². The summed E-state index contributed by atoms with van der Waals surface area (Å²) in [6.07, 6.45) is 9.22. The van der Waals surface area contributed by atoms with Crippen LogP contribution in [0.15, 0.2) is 46.6 Å². The van der Waals surface area contributed by atoms with Crippen molar-refractivity contribution in [3.05, 3.63) is 46.6 Å². The summed E-state index contributed by atoms with van der Waals surface area (Å²) in [5, 5.41) is 0. The van der Waals surface area contributed by atoms with E-state index in [0.29, 0.717) is 42.4 Å². The van der Waals surface area contributed by atoms with Crippen LogP contribution in [0.3, 0.4) is 0 Å². The molecule has 0 saturated heterocycles. The molecule has 0 aromatic carbocycles. The molecule has 0 amide bonds. The van der Waals surface area contributed by atoms with Gasteiger partial charge in [0, 0.05) is 23.1 Å². The molecule has 1 aliphatic carbocycles. The molecule has 1 heterocycles. The van der Waals surface area contributed by atoms with E-state index >= 15 is 0 Å². The number of carbonyl (C=O) groups excluding carboxylic acids is 3. The lowest BCUT2D eigenvalue weighted by atomic mass is 9.93. The van der Waals surface area contributed by atoms with E-state index in [0.717, 1.165) is 5.57 Å². The Hall–Kier alpha value is -2.63. The highest BCUT2D eigenvalue weighted by Gasteiger charge is 2.27. The minimum Gasteiger partial charge on any atom is -0.466 e. The van der Waals surface area contributed by atoms with Crippen LogP contribution < -0.4 is 0 Å². The minimum absolute atomic E-state index is 0.248. The van der Waals surface area contributed by atoms with Gasteiger partial charge in [-0.3, -0.25) is 0 Å². The Morgan fingerprint density at radius 3 is 2.36 bits per heavy atom. The zero-order valence-electron chi connectivity index (χ0n) is 16.9. The van der Waals surface area contributed by atoms with Crippen molar-refractivity contribution in [3.8, 4) is 0 Å². The molecule has 0 aromatic rings. The Bertz CT molecular complexity index is 751. The van der Waals surface area contributed by atoms with Crippen LogP contribution in [-0.4, -0.2) is 38.2 Å². The van der Waals surface area contributed by atoms with Crippen molar-refractivity contribution in [1.82, 2.24) is 0 Å². The van der Waals surface area contributed by atoms with Crippen LogP contribution in [0.5, 0.6) is 0 Å². The molecule has 0 fully saturated rings. The number of esters is 3. The van der Waals surface area contributed by atoms with E-state index in [1.807, 2.05) is 12.2 Å². The number of fused-ring (bicyclic) bond motifs is 1. The quantitative estimate of drug-likeness (QED) is 0.543. The molecule has 0 aromatic heterocycles. The van der Waals surface area contributed by atoms with Gasteiger partial charge in [0.2, 0.25) is 0 Å². The van der Waals surface area contributed by atoms with Crippen LogP contribution >= 0.6 is 0 Å². The lowest BCUT2D eigenvalue weighted by molar-refractivity contribution is -0.141. The molecular weight excluding hydrogens is 360 g/mol. The van der Waals surface area contributed by atoms with Gasteiger partial charge in [-0.25, -0.2) is 14.4 Å². The second-order valence-corrected chi connectivity index (χ2v) is 7.18. The number of carbonyl (C=O) groups is 3. The first-order valence-electron chi connectivity index (χ1n) is 9.52. The van der Waals surface area contributed by atoms with Gasteiger partial charge in [0.25, 0.3) is 0 Å². The standard InChI is InChI=1S/C22H28O6/c1-14(2)15-8-10-16(20(23)26-3)6-5-7-17-12-19(28-22(17)25)13-18(11-9-15)21(24)27-4/h6,9,11-12,14,19H,5,7-8,10,13H2,1-4H3/b15-9-,16-6-,18-11-. The summed E-state index contributed by atoms with van der Waals surface area (Å²) in [6.45, 7) is 4.13. The first-order valence-corrected chi connectivity index (χ1v) is 9.52. The predicted octanol–water partition coefficient (Wildman–Crippen LogP) is 3.58. The normalized spacial score (nSPS) is 26.5. The molecule has 6 nitrogen and oxygen atoms in total. The summed E-state index contributed by atoms with van der Waals surface area (Å²) in [4.78, 5) is 36.4. The van der Waals surface area contributed by atoms with E-state index in [2.05, 4.69) is 13.8 Å². The maximum atomic E-state index is 12.2. The molecule has 0 spiro atoms. The molecule has 28 heavy (non-hydrogen) atoms. The van der Waals surface area contributed by atoms with Crippen molar-refractivity contribution in [2.75, 3.05) is 14.2 Å². The summed E-state index contributed by atoms with van der Waals surface area (Å²) in [5.41, 5.74) is 2.70. The molecule has 0 saturated carbocycles. The van der Waals surface area contributed by atoms with Crippen molar-refractivity contribution in [2.24, 2.45) is 5.92 Å². The Kier molecular flexibility index (Phi) is 7.79. The highest BCUT2D eigenvalue weighted by atomic mass is 16.5. The van der Waals surface area contributed by atoms with E-state index in [1.54, 1.807) is 12.2 Å². The first kappa shape index (κ1) is 21.7. The predicted molar refractivity (Wildman–Crippen MR) is 104 cm³/mol. The first-order chi connectivity index (χ1) is 13.3. The molecule has 6 heteroatoms. The number of methoxy groups -OCH3 is 2. The third kappa shape index (κ3) is 5.68. The lowest BCUT2D eigenvalue weighted by Gasteiger charge is -2.13. The summed E-state index contributed by atoms with van der Waals surface area (Å²) in [6, 6.07) is 0. The molecular formula is C22H28O6. The van der Waals surface area contributed by atoms with E-state index in [1.165, 1.54) is 14.2 Å². The monoisotopic (exact) mass is 388 g/mol. The SMILES string of the molecule is COC(=O)/C1=C\CCC2=CC(C/C(C(=O)OC)=C/C=C(\C(C)C)CC1)OC2=O. The van der Waals surface area contributed by atoms with Crippen molar-refractivity contribution in [1.29, 1.82) is 0 Å². The molecule has 2 bridgehead atoms. The van der Waals surface area contributed by atoms with E-state index in [9.17, 15) is 14.4 Å². The van der Waals surface area contributed by atoms with Crippen LogP contribution in [0.25, 0.3) is 0 Å². The van der Waals surface area contributed by atoms with E-state index in [-0.39, 0.29) is 24.3 Å². The van der Waals surface area contributed by atoms with Gasteiger partial charge >= 0.3 is 17.9 Å². The lowest BCUT2D eigenvalue weighted by Crippen LogP contribution is -2.14. The summed E-state index contributed by atoms with van der Waals surface area (Å²) < 4.78 is 15.2. The average molecular weight is 388 g/mol. The van der Waals surface area contributed by atoms with Crippen molar-refractivity contribution >= 4 is 17.9 Å². The maximum Gasteiger partial charge on any atom is 0.334 e. The molecule has 152 valence electrons. The number of ether oxygens (including phenoxy) is 3. The smallest absolute Gasteiger partial charge is 0.334 e. The third-order valence-electron chi connectivity index (χ3n) is 4.95. The molecule has 2 rings (SSSR count). The van der Waals surface area contributed by atoms with Crippen LogP contribution in [0.2, 0.25) is 0 Å². The maximum absolute atomic E-state index is 12.2. The Labute approximate surface area is 165 Å². The van der Waals surface area contributed by atoms with Crippen LogP contribution in [-0.2, 0) is 28.6 Å². The number of hydrogen-bond acceptors (Lipinski definition) is 6. The molecule has 0 radical (unpaired) electrons. The van der Waals surface area contributed by atoms with Crippen LogP contribution in [0, 0.1) is 5.92 Å². The third-order valence-corrected chi connectivity index (χ3v) is 4.95. The van der Waals surface area contributed by atoms with Crippen molar-refractivity contribution in [2.45, 2.75) is 52.1 Å². The fourth-order valence-corrected chi connectivity index (χ4v) is 3.26. The van der Waals surface area contributed by atoms with Crippen molar-refractivity contribution in [3.63, 3.8) is 0 Å². The minimum atomic E-state index is -0.490. The Morgan fingerprint density at radius 2 is 1.71 bits per heavy atom. The van der Waals surface area contributed by atoms with Crippen LogP contribution in [0.4, 0.5) is 0 Å². The molecule has 2 aliphatic rings. The molecule has 0 N–H and O–H groups in total. The fourth-order valence-electron chi connectivity index (χ4n) is 3.26. The second-order valence-electron chi connectivity index (χ2n) is 7.18. The average Bonchev–Trinajstić information content (AvgIpc) is 3.02. The number of allylic oxidation sites excluding steroid dienone is 4. The van der Waals surface area contributed by atoms with Gasteiger partial charge in [-0.15, -0.1) is 0 Å². The van der Waals surface area contributed by atoms with Gasteiger partial charge in [0.1, 0.15) is 6.10 Å². The van der Waals surface area contributed by atoms with Gasteiger partial charge in [-0.05, 0) is 37.7 Å². The van der Waals surface area contributed by atoms with Gasteiger partial charge in [0.15, 0.2) is 0 Å². The van der Waals surface area contributed by atoms with E-state index in [4.69, 9.17) is 14.2 Å². The van der Waals surface area contributed by atoms with Gasteiger partial charge in [-0.2, -0.15) is 0 Å². The zero-order chi connectivity index (χ0) is 20.7. The zero-order valence-corrected chi connectivity index (χ0v) is 16.9. The highest BCUT2D eigenvalue weighted by molar-refractivity contribution is 5.92. The Morgan fingerprint density at radius 1 is 1.04 bits per heavy atom. The van der Waals surface area contributed by atoms with Crippen molar-refractivity contribution < 1.29 is 28.6 Å². The largest absolute Gasteiger partial charge is 0.466 e. The number of rotatable bonds is 3. The number of hydrogen-bond donors (Lipinski definition) is 0. The molecule has 1 unspecified atom stereocenters. The van der Waals surface area contributed by atoms with Crippen LogP contribution in [0.1, 0.15) is 46.0 Å². The summed E-state index contributed by atoms with van der Waals surface area (Å²) in [5.74, 6) is -0.936.